The Hall–Kier alpha value is -1.13. The number of hydrogen-bond acceptors (Lipinski definition) is 3. The molecule has 0 aromatic heterocycles. The Kier molecular flexibility index (Phi) is 54.2. The van der Waals surface area contributed by atoms with Crippen LogP contribution in [0.15, 0.2) is 24.3 Å². The Balaban J connectivity index is 3.48. The normalized spacial score (nSPS) is 12.9. The second-order valence-electron chi connectivity index (χ2n) is 20.1. The zero-order valence-electron chi connectivity index (χ0n) is 43.1. The van der Waals surface area contributed by atoms with Gasteiger partial charge in [0.25, 0.3) is 0 Å². The first-order chi connectivity index (χ1) is 31.2. The van der Waals surface area contributed by atoms with Gasteiger partial charge in [-0.3, -0.25) is 4.79 Å². The van der Waals surface area contributed by atoms with Crippen molar-refractivity contribution in [1.82, 2.24) is 5.32 Å². The first-order valence-electron chi connectivity index (χ1n) is 29.1. The van der Waals surface area contributed by atoms with E-state index in [4.69, 9.17) is 0 Å². The van der Waals surface area contributed by atoms with Crippen molar-refractivity contribution in [2.45, 2.75) is 341 Å². The van der Waals surface area contributed by atoms with Crippen LogP contribution in [0.3, 0.4) is 0 Å². The largest absolute Gasteiger partial charge is 0.394 e. The zero-order chi connectivity index (χ0) is 45.6. The van der Waals surface area contributed by atoms with Crippen LogP contribution >= 0.6 is 0 Å². The molecular formula is C59H115NO3. The monoisotopic (exact) mass is 886 g/mol. The van der Waals surface area contributed by atoms with E-state index in [1.165, 1.54) is 276 Å². The van der Waals surface area contributed by atoms with Crippen LogP contribution in [0.4, 0.5) is 0 Å². The van der Waals surface area contributed by atoms with Crippen LogP contribution in [0.5, 0.6) is 0 Å². The van der Waals surface area contributed by atoms with E-state index >= 15 is 0 Å². The molecule has 3 N–H and O–H groups in total. The third-order valence-electron chi connectivity index (χ3n) is 13.7. The van der Waals surface area contributed by atoms with Gasteiger partial charge in [-0.05, 0) is 32.1 Å². The second kappa shape index (κ2) is 55.2. The number of nitrogens with one attached hydrogen (secondary N) is 1. The Morgan fingerprint density at radius 1 is 0.365 bits per heavy atom. The summed E-state index contributed by atoms with van der Waals surface area (Å²) in [6.45, 7) is 4.34. The average Bonchev–Trinajstić information content (AvgIpc) is 3.29. The lowest BCUT2D eigenvalue weighted by molar-refractivity contribution is -0.123. The number of allylic oxidation sites excluding steroid dienone is 3. The minimum Gasteiger partial charge on any atom is -0.394 e. The molecule has 0 saturated carbocycles. The summed E-state index contributed by atoms with van der Waals surface area (Å²) in [5.74, 6) is -0.0661. The third kappa shape index (κ3) is 51.7. The van der Waals surface area contributed by atoms with Crippen LogP contribution in [-0.4, -0.2) is 34.9 Å². The highest BCUT2D eigenvalue weighted by molar-refractivity contribution is 5.76. The molecular weight excluding hydrogens is 771 g/mol. The van der Waals surface area contributed by atoms with Crippen molar-refractivity contribution in [1.29, 1.82) is 0 Å². The molecule has 0 aromatic carbocycles. The van der Waals surface area contributed by atoms with Crippen molar-refractivity contribution < 1.29 is 15.0 Å². The van der Waals surface area contributed by atoms with Crippen molar-refractivity contribution in [2.75, 3.05) is 6.61 Å². The topological polar surface area (TPSA) is 69.6 Å². The van der Waals surface area contributed by atoms with E-state index < -0.39 is 12.1 Å². The Morgan fingerprint density at radius 2 is 0.619 bits per heavy atom. The lowest BCUT2D eigenvalue weighted by atomic mass is 10.0. The number of carbonyl (C=O) groups is 1. The van der Waals surface area contributed by atoms with Gasteiger partial charge in [-0.1, -0.05) is 314 Å². The number of carbonyl (C=O) groups excluding carboxylic acids is 1. The van der Waals surface area contributed by atoms with Crippen LogP contribution in [0.25, 0.3) is 0 Å². The molecule has 0 saturated heterocycles. The highest BCUT2D eigenvalue weighted by Crippen LogP contribution is 2.18. The Bertz CT molecular complexity index is 916. The van der Waals surface area contributed by atoms with Gasteiger partial charge in [0, 0.05) is 6.42 Å². The van der Waals surface area contributed by atoms with Gasteiger partial charge in [0.05, 0.1) is 18.8 Å². The summed E-state index contributed by atoms with van der Waals surface area (Å²) in [5.41, 5.74) is 0. The molecule has 0 heterocycles. The van der Waals surface area contributed by atoms with Gasteiger partial charge in [-0.25, -0.2) is 0 Å². The molecule has 0 fully saturated rings. The maximum atomic E-state index is 12.5. The Morgan fingerprint density at radius 3 is 0.921 bits per heavy atom. The fourth-order valence-electron chi connectivity index (χ4n) is 9.26. The summed E-state index contributed by atoms with van der Waals surface area (Å²) in [5, 5.41) is 23.2. The van der Waals surface area contributed by atoms with Crippen LogP contribution in [0.2, 0.25) is 0 Å². The molecule has 0 rings (SSSR count). The smallest absolute Gasteiger partial charge is 0.220 e. The SMILES string of the molecule is CCCCCCCCCCCCCCCCCCCC/C=C/CC/C=C/C(O)C(CO)NC(=O)CCCCCCCCCCCCCCCCCCCCCCCCCCCCC. The van der Waals surface area contributed by atoms with E-state index in [1.54, 1.807) is 6.08 Å². The van der Waals surface area contributed by atoms with E-state index in [0.717, 1.165) is 32.1 Å². The Labute approximate surface area is 396 Å². The van der Waals surface area contributed by atoms with E-state index in [1.807, 2.05) is 6.08 Å². The first kappa shape index (κ1) is 61.9. The summed E-state index contributed by atoms with van der Waals surface area (Å²) >= 11 is 0. The van der Waals surface area contributed by atoms with Gasteiger partial charge in [0.1, 0.15) is 0 Å². The molecule has 2 unspecified atom stereocenters. The molecule has 1 amide bonds. The second-order valence-corrected chi connectivity index (χ2v) is 20.1. The van der Waals surface area contributed by atoms with Crippen LogP contribution in [-0.2, 0) is 4.79 Å². The third-order valence-corrected chi connectivity index (χ3v) is 13.7. The molecule has 4 heteroatoms. The summed E-state index contributed by atoms with van der Waals surface area (Å²) in [6, 6.07) is -0.636. The molecule has 374 valence electrons. The lowest BCUT2D eigenvalue weighted by Gasteiger charge is -2.19. The number of aliphatic hydroxyl groups excluding tert-OH is 2. The van der Waals surface area contributed by atoms with Gasteiger partial charge >= 0.3 is 0 Å². The molecule has 2 atom stereocenters. The van der Waals surface area contributed by atoms with Crippen LogP contribution < -0.4 is 5.32 Å². The van der Waals surface area contributed by atoms with Gasteiger partial charge < -0.3 is 15.5 Å². The fourth-order valence-corrected chi connectivity index (χ4v) is 9.26. The maximum absolute atomic E-state index is 12.5. The van der Waals surface area contributed by atoms with Gasteiger partial charge in [-0.15, -0.1) is 0 Å². The molecule has 0 aromatic rings. The number of hydrogen-bond donors (Lipinski definition) is 3. The highest BCUT2D eigenvalue weighted by atomic mass is 16.3. The molecule has 0 radical (unpaired) electrons. The fraction of sp³-hybridized carbons (Fsp3) is 0.915. The van der Waals surface area contributed by atoms with Crippen molar-refractivity contribution in [2.24, 2.45) is 0 Å². The number of unbranched alkanes of at least 4 members (excludes halogenated alkanes) is 45. The van der Waals surface area contributed by atoms with E-state index in [9.17, 15) is 15.0 Å². The summed E-state index contributed by atoms with van der Waals surface area (Å²) in [4.78, 5) is 12.5. The van der Waals surface area contributed by atoms with E-state index in [2.05, 4.69) is 31.3 Å². The lowest BCUT2D eigenvalue weighted by Crippen LogP contribution is -2.45. The molecule has 4 nitrogen and oxygen atoms in total. The average molecular weight is 887 g/mol. The molecule has 0 spiro atoms. The first-order valence-corrected chi connectivity index (χ1v) is 29.1. The van der Waals surface area contributed by atoms with E-state index in [0.29, 0.717) is 6.42 Å². The molecule has 63 heavy (non-hydrogen) atoms. The number of aliphatic hydroxyl groups is 2. The molecule has 0 aliphatic heterocycles. The zero-order valence-corrected chi connectivity index (χ0v) is 43.1. The van der Waals surface area contributed by atoms with Crippen molar-refractivity contribution in [3.63, 3.8) is 0 Å². The summed E-state index contributed by atoms with van der Waals surface area (Å²) < 4.78 is 0. The number of amides is 1. The van der Waals surface area contributed by atoms with Crippen LogP contribution in [0.1, 0.15) is 328 Å². The van der Waals surface area contributed by atoms with E-state index in [-0.39, 0.29) is 12.5 Å². The molecule has 0 bridgehead atoms. The van der Waals surface area contributed by atoms with Gasteiger partial charge in [0.15, 0.2) is 0 Å². The minimum absolute atomic E-state index is 0.0661. The number of rotatable bonds is 54. The molecule has 0 aliphatic carbocycles. The maximum Gasteiger partial charge on any atom is 0.220 e. The van der Waals surface area contributed by atoms with Gasteiger partial charge in [-0.2, -0.15) is 0 Å². The minimum atomic E-state index is -0.860. The van der Waals surface area contributed by atoms with Crippen molar-refractivity contribution in [3.05, 3.63) is 24.3 Å². The van der Waals surface area contributed by atoms with Gasteiger partial charge in [0.2, 0.25) is 5.91 Å². The standard InChI is InChI=1S/C59H115NO3/c1-3-5-7-9-11-13-15-17-19-21-23-25-27-29-30-31-33-35-37-39-41-43-45-47-49-51-53-55-59(63)60-57(56-61)58(62)54-52-50-48-46-44-42-40-38-36-34-32-28-26-24-22-20-18-16-14-12-10-8-6-4-2/h44,46,52,54,57-58,61-62H,3-43,45,47-51,53,55-56H2,1-2H3,(H,60,63)/b46-44+,54-52+. The van der Waals surface area contributed by atoms with Crippen LogP contribution in [0, 0.1) is 0 Å². The highest BCUT2D eigenvalue weighted by Gasteiger charge is 2.18. The van der Waals surface area contributed by atoms with Crippen molar-refractivity contribution in [3.8, 4) is 0 Å². The quantitative estimate of drug-likeness (QED) is 0.0421. The predicted octanol–water partition coefficient (Wildman–Crippen LogP) is 19.1. The summed E-state index contributed by atoms with van der Waals surface area (Å²) in [7, 11) is 0. The molecule has 0 aliphatic rings. The van der Waals surface area contributed by atoms with Crippen molar-refractivity contribution >= 4 is 5.91 Å². The summed E-state index contributed by atoms with van der Waals surface area (Å²) in [6.07, 6.45) is 73.6. The predicted molar refractivity (Wildman–Crippen MR) is 281 cm³/mol.